The number of ether oxygens (including phenoxy) is 6. The predicted molar refractivity (Wildman–Crippen MR) is 559 cm³/mol. The third-order valence-electron chi connectivity index (χ3n) is 25.6. The minimum absolute atomic E-state index is 0.0390. The number of hydrogen-bond donors (Lipinski definition) is 3. The van der Waals surface area contributed by atoms with Gasteiger partial charge in [-0.1, -0.05) is 342 Å². The van der Waals surface area contributed by atoms with E-state index in [9.17, 15) is 44.1 Å². The van der Waals surface area contributed by atoms with Crippen molar-refractivity contribution in [2.45, 2.75) is 498 Å². The van der Waals surface area contributed by atoms with Gasteiger partial charge in [0.2, 0.25) is 0 Å². The smallest absolute Gasteiger partial charge is 0.311 e. The summed E-state index contributed by atoms with van der Waals surface area (Å²) in [7, 11) is 0. The van der Waals surface area contributed by atoms with Crippen LogP contribution in [0.5, 0.6) is 17.2 Å². The summed E-state index contributed by atoms with van der Waals surface area (Å²) < 4.78 is 32.9. The molecule has 3 aromatic rings. The van der Waals surface area contributed by atoms with Gasteiger partial charge in [0.15, 0.2) is 0 Å². The summed E-state index contributed by atoms with van der Waals surface area (Å²) in [6.45, 7) is 26.2. The van der Waals surface area contributed by atoms with Gasteiger partial charge < -0.3 is 58.4 Å². The van der Waals surface area contributed by atoms with Crippen LogP contribution in [0.1, 0.15) is 494 Å². The molecule has 0 radical (unpaired) electrons. The first-order chi connectivity index (χ1) is 65.7. The van der Waals surface area contributed by atoms with Crippen LogP contribution >= 0.6 is 0 Å². The van der Waals surface area contributed by atoms with Crippen LogP contribution in [0.2, 0.25) is 0 Å². The highest BCUT2D eigenvalue weighted by Crippen LogP contribution is 2.26. The summed E-state index contributed by atoms with van der Waals surface area (Å²) in [6, 6.07) is 22.2. The Labute approximate surface area is 821 Å². The van der Waals surface area contributed by atoms with Crippen molar-refractivity contribution in [1.82, 2.24) is 14.7 Å². The van der Waals surface area contributed by atoms with Crippen LogP contribution in [-0.4, -0.2) is 164 Å². The number of nitrogens with zero attached hydrogens (tertiary/aromatic N) is 3. The Morgan fingerprint density at radius 3 is 0.784 bits per heavy atom. The van der Waals surface area contributed by atoms with Gasteiger partial charge in [-0.3, -0.25) is 28.8 Å². The van der Waals surface area contributed by atoms with Gasteiger partial charge in [-0.25, -0.2) is 0 Å². The number of rotatable bonds is 94. The fourth-order valence-electron chi connectivity index (χ4n) is 17.1. The second kappa shape index (κ2) is 97.5. The highest BCUT2D eigenvalue weighted by molar-refractivity contribution is 5.73. The molecule has 0 aliphatic carbocycles. The summed E-state index contributed by atoms with van der Waals surface area (Å²) in [6.07, 6.45) is 75.9. The van der Waals surface area contributed by atoms with Gasteiger partial charge in [0.1, 0.15) is 17.2 Å². The molecule has 134 heavy (non-hydrogen) atoms. The number of carbonyl (C=O) groups excluding carboxylic acids is 6. The Hall–Kier alpha value is -5.76. The van der Waals surface area contributed by atoms with Crippen molar-refractivity contribution in [1.29, 1.82) is 0 Å². The van der Waals surface area contributed by atoms with E-state index in [0.29, 0.717) is 75.6 Å². The molecule has 0 atom stereocenters. The van der Waals surface area contributed by atoms with Gasteiger partial charge in [-0.15, -0.1) is 0 Å². The van der Waals surface area contributed by atoms with E-state index in [4.69, 9.17) is 28.4 Å². The van der Waals surface area contributed by atoms with Crippen LogP contribution in [0.25, 0.3) is 0 Å². The lowest BCUT2D eigenvalue weighted by Crippen LogP contribution is -2.29. The fourth-order valence-corrected chi connectivity index (χ4v) is 17.1. The number of aliphatic hydroxyl groups is 3. The highest BCUT2D eigenvalue weighted by atomic mass is 16.6. The van der Waals surface area contributed by atoms with Gasteiger partial charge in [0.05, 0.1) is 39.6 Å². The Morgan fingerprint density at radius 1 is 0.216 bits per heavy atom. The van der Waals surface area contributed by atoms with Crippen LogP contribution < -0.4 is 14.2 Å². The van der Waals surface area contributed by atoms with E-state index >= 15 is 0 Å². The molecule has 0 heterocycles. The van der Waals surface area contributed by atoms with Gasteiger partial charge >= 0.3 is 35.8 Å². The molecular weight excluding hydrogens is 1680 g/mol. The molecule has 774 valence electrons. The fraction of sp³-hybridized carbons (Fsp3) is 0.793. The second-order valence-corrected chi connectivity index (χ2v) is 38.2. The first kappa shape index (κ1) is 126. The van der Waals surface area contributed by atoms with E-state index < -0.39 is 0 Å². The van der Waals surface area contributed by atoms with Crippen molar-refractivity contribution in [3.05, 3.63) is 89.0 Å². The quantitative estimate of drug-likeness (QED) is 0.0206. The summed E-state index contributed by atoms with van der Waals surface area (Å²) in [4.78, 5) is 79.8. The van der Waals surface area contributed by atoms with Crippen molar-refractivity contribution >= 4 is 35.8 Å². The molecule has 0 bridgehead atoms. The van der Waals surface area contributed by atoms with E-state index in [1.165, 1.54) is 176 Å². The third kappa shape index (κ3) is 82.2. The van der Waals surface area contributed by atoms with Crippen molar-refractivity contribution in [2.75, 3.05) is 98.5 Å². The van der Waals surface area contributed by atoms with Crippen LogP contribution in [0.3, 0.4) is 0 Å². The average Bonchev–Trinajstić information content (AvgIpc) is 0.853. The molecule has 0 spiro atoms. The molecule has 0 aromatic heterocycles. The lowest BCUT2D eigenvalue weighted by Gasteiger charge is -2.21. The topological polar surface area (TPSA) is 228 Å². The Kier molecular flexibility index (Phi) is 91.8. The van der Waals surface area contributed by atoms with E-state index in [2.05, 4.69) is 93.5 Å². The zero-order valence-electron chi connectivity index (χ0n) is 87.5. The number of aryl methyl sites for hydroxylation is 4. The monoisotopic (exact) mass is 1880 g/mol. The molecule has 18 nitrogen and oxygen atoms in total. The van der Waals surface area contributed by atoms with E-state index in [1.807, 2.05) is 36.4 Å². The number of benzene rings is 3. The minimum Gasteiger partial charge on any atom is -0.466 e. The largest absolute Gasteiger partial charge is 0.466 e. The van der Waals surface area contributed by atoms with Crippen molar-refractivity contribution < 1.29 is 72.5 Å². The molecular formula is C116H205N3O15. The molecule has 3 N–H and O–H groups in total. The normalized spacial score (nSPS) is 11.3. The molecule has 0 unspecified atom stereocenters. The standard InChI is InChI=1S/C42H75NO5.2C37H65NO5/c1-4-7-10-11-18-25-36-47-41(45)28-21-14-12-16-23-32-43(34-35-44)33-24-17-13-15-22-29-42(46)48-40-31-30-38(26-19-8-5-2)39(37-40)27-20-9-6-3;1-3-5-7-8-15-21-32-42-36(40)26-17-11-9-13-19-28-38(30-31-39)29-20-14-10-12-18-27-37(41)43-35-25-22-24-34(33-35)23-16-6-4-2;1-3-5-7-8-15-21-33-42-36(40)23-17-11-9-13-19-29-38(31-32-39)30-20-14-10-12-18-24-37(41)43-35-27-25-34(26-28-35)22-16-6-4-2/h30-31,37,44H,4-29,32-36H2,1-3H3;22,24-25,33,39H,3-21,23,26-32H2,1-2H3;25-28,39H,3-24,29-33H2,1-2H3. The molecule has 0 saturated carbocycles. The van der Waals surface area contributed by atoms with Crippen molar-refractivity contribution in [3.63, 3.8) is 0 Å². The van der Waals surface area contributed by atoms with Crippen molar-refractivity contribution in [2.24, 2.45) is 0 Å². The summed E-state index contributed by atoms with van der Waals surface area (Å²) in [5.41, 5.74) is 5.31. The Balaban J connectivity index is 0.00000101. The lowest BCUT2D eigenvalue weighted by atomic mass is 9.97. The zero-order valence-corrected chi connectivity index (χ0v) is 87.5. The predicted octanol–water partition coefficient (Wildman–Crippen LogP) is 29.3. The number of hydrogen-bond acceptors (Lipinski definition) is 18. The Morgan fingerprint density at radius 2 is 0.463 bits per heavy atom. The number of aliphatic hydroxyl groups excluding tert-OH is 3. The summed E-state index contributed by atoms with van der Waals surface area (Å²) >= 11 is 0. The van der Waals surface area contributed by atoms with Gasteiger partial charge in [0.25, 0.3) is 0 Å². The molecule has 0 aliphatic rings. The second-order valence-electron chi connectivity index (χ2n) is 38.2. The maximum absolute atomic E-state index is 12.6. The first-order valence-electron chi connectivity index (χ1n) is 56.1. The SMILES string of the molecule is CCCCCCCCOC(=O)CCCCCCCN(CCO)CCCCCCCC(=O)Oc1ccc(CCCCC)c(CCCCC)c1.CCCCCCCCOC(=O)CCCCCCCN(CCO)CCCCCCCC(=O)Oc1ccc(CCCCC)cc1.CCCCCCCCOC(=O)CCCCCCCN(CCO)CCCCCCCC(=O)Oc1cccc(CCCCC)c1. The van der Waals surface area contributed by atoms with Gasteiger partial charge in [0, 0.05) is 58.2 Å². The minimum atomic E-state index is -0.142. The van der Waals surface area contributed by atoms with Crippen molar-refractivity contribution in [3.8, 4) is 17.2 Å². The molecule has 0 amide bonds. The molecule has 18 heteroatoms. The van der Waals surface area contributed by atoms with Crippen LogP contribution in [0, 0.1) is 0 Å². The average molecular weight is 1880 g/mol. The van der Waals surface area contributed by atoms with Gasteiger partial charge in [-0.05, 0) is 246 Å². The maximum Gasteiger partial charge on any atom is 0.311 e. The van der Waals surface area contributed by atoms with E-state index in [1.54, 1.807) is 0 Å². The number of carbonyl (C=O) groups is 6. The van der Waals surface area contributed by atoms with E-state index in [0.717, 1.165) is 316 Å². The summed E-state index contributed by atoms with van der Waals surface area (Å²) in [5, 5.41) is 28.4. The molecule has 3 aromatic carbocycles. The summed E-state index contributed by atoms with van der Waals surface area (Å²) in [5.74, 6) is 1.50. The first-order valence-corrected chi connectivity index (χ1v) is 56.1. The third-order valence-corrected chi connectivity index (χ3v) is 25.6. The lowest BCUT2D eigenvalue weighted by molar-refractivity contribution is -0.144. The van der Waals surface area contributed by atoms with Gasteiger partial charge in [-0.2, -0.15) is 0 Å². The molecule has 3 rings (SSSR count). The highest BCUT2D eigenvalue weighted by Gasteiger charge is 2.16. The molecule has 0 saturated heterocycles. The molecule has 0 aliphatic heterocycles. The number of unbranched alkanes of at least 4 members (excludes halogenated alkanes) is 47. The van der Waals surface area contributed by atoms with E-state index in [-0.39, 0.29) is 55.6 Å². The maximum atomic E-state index is 12.6. The van der Waals surface area contributed by atoms with Crippen LogP contribution in [-0.2, 0) is 68.7 Å². The number of esters is 6. The van der Waals surface area contributed by atoms with Crippen LogP contribution in [0.15, 0.2) is 66.7 Å². The molecule has 0 fully saturated rings. The Bertz CT molecular complexity index is 3130. The zero-order chi connectivity index (χ0) is 97.4. The van der Waals surface area contributed by atoms with Crippen LogP contribution in [0.4, 0.5) is 0 Å².